The monoisotopic (exact) mass is 190 g/mol. The van der Waals surface area contributed by atoms with E-state index in [2.05, 4.69) is 4.79 Å². The number of rotatable bonds is 0. The molecule has 0 aromatic heterocycles. The lowest BCUT2D eigenvalue weighted by molar-refractivity contribution is -0.121. The van der Waals surface area contributed by atoms with Crippen LogP contribution in [0.3, 0.4) is 0 Å². The Bertz CT molecular complexity index is 329. The van der Waals surface area contributed by atoms with Crippen molar-refractivity contribution in [3.05, 3.63) is 5.53 Å². The third-order valence-corrected chi connectivity index (χ3v) is 4.26. The minimum Gasteiger partial charge on any atom is -0.361 e. The van der Waals surface area contributed by atoms with Crippen LogP contribution in [0.4, 0.5) is 0 Å². The lowest BCUT2D eigenvalue weighted by Crippen LogP contribution is -2.28. The maximum absolute atomic E-state index is 11.9. The van der Waals surface area contributed by atoms with Gasteiger partial charge in [0.15, 0.2) is 0 Å². The SMILES string of the molecule is [N-]=[N+]=C1C(=O)C2C[C@H]3CC1C[C@H](C2)C3. The molecule has 0 N–H and O–H groups in total. The van der Waals surface area contributed by atoms with Gasteiger partial charge in [0.1, 0.15) is 0 Å². The molecule has 4 bridgehead atoms. The Morgan fingerprint density at radius 3 is 2.14 bits per heavy atom. The fraction of sp³-hybridized carbons (Fsp3) is 0.818. The molecule has 4 aliphatic rings. The Morgan fingerprint density at radius 1 is 1.00 bits per heavy atom. The summed E-state index contributed by atoms with van der Waals surface area (Å²) in [5, 5.41) is 0. The number of nitrogens with zero attached hydrogens (tertiary/aromatic N) is 2. The van der Waals surface area contributed by atoms with Crippen LogP contribution in [0.1, 0.15) is 32.1 Å². The van der Waals surface area contributed by atoms with Crippen molar-refractivity contribution in [1.82, 2.24) is 0 Å². The highest BCUT2D eigenvalue weighted by Gasteiger charge is 2.50. The van der Waals surface area contributed by atoms with Gasteiger partial charge in [-0.15, -0.1) is 0 Å². The number of carbonyl (C=O) groups is 1. The van der Waals surface area contributed by atoms with Crippen LogP contribution in [-0.4, -0.2) is 16.3 Å². The number of hydrogen-bond donors (Lipinski definition) is 0. The zero-order valence-corrected chi connectivity index (χ0v) is 8.15. The summed E-state index contributed by atoms with van der Waals surface area (Å²) in [4.78, 5) is 15.2. The quantitative estimate of drug-likeness (QED) is 0.423. The van der Waals surface area contributed by atoms with Gasteiger partial charge >= 0.3 is 5.71 Å². The summed E-state index contributed by atoms with van der Waals surface area (Å²) in [5.41, 5.74) is 9.39. The lowest BCUT2D eigenvalue weighted by atomic mass is 9.68. The average Bonchev–Trinajstić information content (AvgIpc) is 2.29. The highest BCUT2D eigenvalue weighted by Crippen LogP contribution is 2.48. The molecule has 0 aromatic rings. The van der Waals surface area contributed by atoms with E-state index in [1.54, 1.807) is 0 Å². The summed E-state index contributed by atoms with van der Waals surface area (Å²) in [7, 11) is 0. The smallest absolute Gasteiger partial charge is 0.337 e. The van der Waals surface area contributed by atoms with E-state index in [0.29, 0.717) is 5.71 Å². The molecule has 3 heteroatoms. The van der Waals surface area contributed by atoms with Crippen molar-refractivity contribution < 1.29 is 9.58 Å². The van der Waals surface area contributed by atoms with Gasteiger partial charge in [0.05, 0.1) is 5.92 Å². The fourth-order valence-electron chi connectivity index (χ4n) is 3.83. The van der Waals surface area contributed by atoms with Crippen molar-refractivity contribution in [2.75, 3.05) is 0 Å². The van der Waals surface area contributed by atoms with E-state index in [1.165, 1.54) is 6.42 Å². The molecule has 2 atom stereocenters. The van der Waals surface area contributed by atoms with Crippen LogP contribution >= 0.6 is 0 Å². The maximum Gasteiger partial charge on any atom is 0.337 e. The molecule has 3 nitrogen and oxygen atoms in total. The molecule has 4 fully saturated rings. The van der Waals surface area contributed by atoms with Crippen molar-refractivity contribution in [2.45, 2.75) is 32.1 Å². The van der Waals surface area contributed by atoms with Crippen molar-refractivity contribution >= 4 is 11.5 Å². The first kappa shape index (κ1) is 8.37. The van der Waals surface area contributed by atoms with Crippen LogP contribution in [0, 0.1) is 23.7 Å². The second-order valence-electron chi connectivity index (χ2n) is 5.15. The molecule has 0 saturated heterocycles. The topological polar surface area (TPSA) is 53.5 Å². The number of fused-ring (bicyclic) bond motifs is 1. The summed E-state index contributed by atoms with van der Waals surface area (Å²) in [5.74, 6) is 2.03. The number of hydrogen-bond acceptors (Lipinski definition) is 1. The third-order valence-electron chi connectivity index (χ3n) is 4.26. The van der Waals surface area contributed by atoms with Crippen LogP contribution in [-0.2, 0) is 4.79 Å². The number of Topliss-reactive ketones (excluding diaryl/α,β-unsaturated/α-hetero) is 1. The molecule has 0 heterocycles. The summed E-state index contributed by atoms with van der Waals surface area (Å²) in [6, 6.07) is 0. The molecular weight excluding hydrogens is 176 g/mol. The van der Waals surface area contributed by atoms with Gasteiger partial charge in [-0.1, -0.05) is 0 Å². The van der Waals surface area contributed by atoms with Crippen LogP contribution in [0.25, 0.3) is 5.53 Å². The first-order valence-corrected chi connectivity index (χ1v) is 5.54. The Kier molecular flexibility index (Phi) is 1.65. The van der Waals surface area contributed by atoms with Crippen LogP contribution in [0.2, 0.25) is 0 Å². The minimum atomic E-state index is 0.141. The molecule has 4 saturated carbocycles. The molecule has 0 amide bonds. The molecule has 74 valence electrons. The third kappa shape index (κ3) is 1.02. The maximum atomic E-state index is 11.9. The zero-order chi connectivity index (χ0) is 9.71. The van der Waals surface area contributed by atoms with E-state index in [9.17, 15) is 4.79 Å². The molecular formula is C11H14N2O. The van der Waals surface area contributed by atoms with E-state index in [1.807, 2.05) is 0 Å². The Balaban J connectivity index is 2.08. The van der Waals surface area contributed by atoms with Crippen molar-refractivity contribution in [1.29, 1.82) is 0 Å². The highest BCUT2D eigenvalue weighted by molar-refractivity contribution is 6.39. The van der Waals surface area contributed by atoms with Crippen LogP contribution in [0.5, 0.6) is 0 Å². The molecule has 0 spiro atoms. The molecule has 0 radical (unpaired) electrons. The first-order valence-electron chi connectivity index (χ1n) is 5.54. The second kappa shape index (κ2) is 2.77. The Hall–Kier alpha value is -0.950. The minimum absolute atomic E-state index is 0.141. The largest absolute Gasteiger partial charge is 0.361 e. The number of ketones is 1. The predicted octanol–water partition coefficient (Wildman–Crippen LogP) is 1.68. The van der Waals surface area contributed by atoms with Crippen LogP contribution < -0.4 is 0 Å². The normalized spacial score (nSPS) is 45.1. The average molecular weight is 190 g/mol. The van der Waals surface area contributed by atoms with Gasteiger partial charge in [0, 0.05) is 5.92 Å². The zero-order valence-electron chi connectivity index (χ0n) is 8.15. The Labute approximate surface area is 83.1 Å². The van der Waals surface area contributed by atoms with Gasteiger partial charge in [-0.25, -0.2) is 0 Å². The standard InChI is InChI=1S/C11H14N2O/c12-13-10-8-2-6-1-7(3-8)5-9(4-6)11(10)14/h6-9H,1-5H2/t6-,7-,8?,9?/m1/s1. The molecule has 0 aliphatic heterocycles. The summed E-state index contributed by atoms with van der Waals surface area (Å²) in [6.45, 7) is 0. The van der Waals surface area contributed by atoms with Crippen molar-refractivity contribution in [3.8, 4) is 0 Å². The van der Waals surface area contributed by atoms with Gasteiger partial charge in [-0.05, 0) is 43.9 Å². The van der Waals surface area contributed by atoms with Crippen LogP contribution in [0.15, 0.2) is 0 Å². The Morgan fingerprint density at radius 2 is 1.57 bits per heavy atom. The molecule has 14 heavy (non-hydrogen) atoms. The summed E-state index contributed by atoms with van der Waals surface area (Å²) >= 11 is 0. The van der Waals surface area contributed by atoms with E-state index in [0.717, 1.165) is 37.5 Å². The van der Waals surface area contributed by atoms with E-state index in [-0.39, 0.29) is 17.6 Å². The summed E-state index contributed by atoms with van der Waals surface area (Å²) in [6.07, 6.45) is 5.56. The van der Waals surface area contributed by atoms with Gasteiger partial charge in [0.2, 0.25) is 5.78 Å². The van der Waals surface area contributed by atoms with E-state index in [4.69, 9.17) is 5.53 Å². The van der Waals surface area contributed by atoms with Gasteiger partial charge < -0.3 is 5.53 Å². The van der Waals surface area contributed by atoms with Crippen molar-refractivity contribution in [3.63, 3.8) is 0 Å². The highest BCUT2D eigenvalue weighted by atomic mass is 16.1. The molecule has 0 unspecified atom stereocenters. The molecule has 4 aliphatic carbocycles. The molecule has 4 rings (SSSR count). The van der Waals surface area contributed by atoms with E-state index < -0.39 is 0 Å². The second-order valence-corrected chi connectivity index (χ2v) is 5.15. The lowest BCUT2D eigenvalue weighted by Gasteiger charge is -2.36. The summed E-state index contributed by atoms with van der Waals surface area (Å²) < 4.78 is 0. The fourth-order valence-corrected chi connectivity index (χ4v) is 3.83. The first-order chi connectivity index (χ1) is 6.78. The van der Waals surface area contributed by atoms with Gasteiger partial charge in [-0.3, -0.25) is 4.79 Å². The van der Waals surface area contributed by atoms with Crippen molar-refractivity contribution in [2.24, 2.45) is 23.7 Å². The molecule has 0 aromatic carbocycles. The van der Waals surface area contributed by atoms with E-state index >= 15 is 0 Å². The van der Waals surface area contributed by atoms with Gasteiger partial charge in [0.25, 0.3) is 0 Å². The predicted molar refractivity (Wildman–Crippen MR) is 50.7 cm³/mol. The number of carbonyl (C=O) groups excluding carboxylic acids is 1. The van der Waals surface area contributed by atoms with Gasteiger partial charge in [-0.2, -0.15) is 4.79 Å².